The molecular weight excluding hydrogens is 226 g/mol. The van der Waals surface area contributed by atoms with Crippen molar-refractivity contribution in [2.24, 2.45) is 0 Å². The number of aryl methyl sites for hydroxylation is 1. The zero-order chi connectivity index (χ0) is 12.3. The van der Waals surface area contributed by atoms with Crippen LogP contribution in [0.15, 0.2) is 18.2 Å². The van der Waals surface area contributed by atoms with Crippen LogP contribution >= 0.6 is 11.6 Å². The minimum atomic E-state index is -0.543. The van der Waals surface area contributed by atoms with E-state index in [1.54, 1.807) is 26.1 Å². The Hall–Kier alpha value is -1.06. The van der Waals surface area contributed by atoms with Gasteiger partial charge in [0.2, 0.25) is 0 Å². The summed E-state index contributed by atoms with van der Waals surface area (Å²) in [6.45, 7) is 3.85. The van der Waals surface area contributed by atoms with Crippen LogP contribution in [-0.2, 0) is 0 Å². The largest absolute Gasteiger partial charge is 0.392 e. The highest BCUT2D eigenvalue weighted by molar-refractivity contribution is 6.33. The van der Waals surface area contributed by atoms with E-state index in [9.17, 15) is 9.90 Å². The monoisotopic (exact) mass is 241 g/mol. The number of rotatable bonds is 3. The quantitative estimate of drug-likeness (QED) is 0.881. The number of carbonyl (C=O) groups is 1. The van der Waals surface area contributed by atoms with Crippen molar-refractivity contribution in [1.82, 2.24) is 4.90 Å². The van der Waals surface area contributed by atoms with Gasteiger partial charge in [-0.2, -0.15) is 0 Å². The fourth-order valence-corrected chi connectivity index (χ4v) is 1.79. The van der Waals surface area contributed by atoms with E-state index in [-0.39, 0.29) is 5.91 Å². The Balaban J connectivity index is 2.88. The number of carbonyl (C=O) groups excluding carboxylic acids is 1. The molecule has 1 unspecified atom stereocenters. The van der Waals surface area contributed by atoms with Crippen molar-refractivity contribution < 1.29 is 9.90 Å². The molecule has 0 radical (unpaired) electrons. The highest BCUT2D eigenvalue weighted by Crippen LogP contribution is 2.19. The number of benzene rings is 1. The Morgan fingerprint density at radius 3 is 2.69 bits per heavy atom. The highest BCUT2D eigenvalue weighted by Gasteiger charge is 2.16. The molecule has 0 aromatic heterocycles. The van der Waals surface area contributed by atoms with Crippen molar-refractivity contribution >= 4 is 17.5 Å². The Morgan fingerprint density at radius 1 is 1.56 bits per heavy atom. The summed E-state index contributed by atoms with van der Waals surface area (Å²) in [6, 6.07) is 5.30. The van der Waals surface area contributed by atoms with E-state index in [0.717, 1.165) is 5.56 Å². The first-order valence-electron chi connectivity index (χ1n) is 5.11. The first-order valence-corrected chi connectivity index (χ1v) is 5.49. The Labute approximate surface area is 101 Å². The van der Waals surface area contributed by atoms with Gasteiger partial charge in [0.05, 0.1) is 16.7 Å². The van der Waals surface area contributed by atoms with Gasteiger partial charge < -0.3 is 10.0 Å². The minimum absolute atomic E-state index is 0.175. The molecule has 0 aliphatic heterocycles. The number of aliphatic hydroxyl groups excluding tert-OH is 1. The number of likely N-dealkylation sites (N-methyl/N-ethyl adjacent to an activating group) is 1. The molecular formula is C12H16ClNO2. The van der Waals surface area contributed by atoms with E-state index in [0.29, 0.717) is 17.1 Å². The summed E-state index contributed by atoms with van der Waals surface area (Å²) in [5.74, 6) is -0.175. The standard InChI is InChI=1S/C12H16ClNO2/c1-8-4-5-10(11(13)6-8)12(16)14(3)7-9(2)15/h4-6,9,15H,7H2,1-3H3. The van der Waals surface area contributed by atoms with Gasteiger partial charge in [-0.1, -0.05) is 17.7 Å². The van der Waals surface area contributed by atoms with Gasteiger partial charge in [-0.25, -0.2) is 0 Å². The van der Waals surface area contributed by atoms with Crippen LogP contribution in [0.25, 0.3) is 0 Å². The fraction of sp³-hybridized carbons (Fsp3) is 0.417. The molecule has 1 atom stereocenters. The highest BCUT2D eigenvalue weighted by atomic mass is 35.5. The van der Waals surface area contributed by atoms with Crippen molar-refractivity contribution in [3.63, 3.8) is 0 Å². The van der Waals surface area contributed by atoms with Crippen LogP contribution in [0.5, 0.6) is 0 Å². The van der Waals surface area contributed by atoms with Crippen LogP contribution in [0.2, 0.25) is 5.02 Å². The summed E-state index contributed by atoms with van der Waals surface area (Å²) in [5.41, 5.74) is 1.48. The van der Waals surface area contributed by atoms with Crippen LogP contribution in [0, 0.1) is 6.92 Å². The maximum Gasteiger partial charge on any atom is 0.255 e. The Kier molecular flexibility index (Phi) is 4.33. The maximum absolute atomic E-state index is 11.9. The summed E-state index contributed by atoms with van der Waals surface area (Å²) in [6.07, 6.45) is -0.543. The molecule has 1 aromatic carbocycles. The molecule has 0 aliphatic rings. The van der Waals surface area contributed by atoms with E-state index in [2.05, 4.69) is 0 Å². The van der Waals surface area contributed by atoms with Crippen LogP contribution in [0.4, 0.5) is 0 Å². The van der Waals surface area contributed by atoms with Gasteiger partial charge in [0, 0.05) is 13.6 Å². The van der Waals surface area contributed by atoms with E-state index < -0.39 is 6.10 Å². The molecule has 16 heavy (non-hydrogen) atoms. The summed E-state index contributed by atoms with van der Waals surface area (Å²) < 4.78 is 0. The molecule has 0 bridgehead atoms. The lowest BCUT2D eigenvalue weighted by atomic mass is 10.1. The molecule has 0 fully saturated rings. The van der Waals surface area contributed by atoms with Crippen LogP contribution in [0.3, 0.4) is 0 Å². The van der Waals surface area contributed by atoms with Crippen LogP contribution in [0.1, 0.15) is 22.8 Å². The van der Waals surface area contributed by atoms with Gasteiger partial charge in [0.1, 0.15) is 0 Å². The van der Waals surface area contributed by atoms with E-state index in [1.807, 2.05) is 13.0 Å². The molecule has 0 saturated carbocycles. The molecule has 1 N–H and O–H groups in total. The smallest absolute Gasteiger partial charge is 0.255 e. The molecule has 4 heteroatoms. The fourth-order valence-electron chi connectivity index (χ4n) is 1.48. The minimum Gasteiger partial charge on any atom is -0.392 e. The van der Waals surface area contributed by atoms with Gasteiger partial charge in [-0.3, -0.25) is 4.79 Å². The average Bonchev–Trinajstić information content (AvgIpc) is 2.15. The molecule has 0 aliphatic carbocycles. The predicted octanol–water partition coefficient (Wildman–Crippen LogP) is 2.10. The number of hydrogen-bond acceptors (Lipinski definition) is 2. The van der Waals surface area contributed by atoms with Crippen molar-refractivity contribution in [3.05, 3.63) is 34.3 Å². The van der Waals surface area contributed by atoms with Gasteiger partial charge >= 0.3 is 0 Å². The van der Waals surface area contributed by atoms with Gasteiger partial charge in [-0.15, -0.1) is 0 Å². The number of amides is 1. The van der Waals surface area contributed by atoms with Crippen molar-refractivity contribution in [2.75, 3.05) is 13.6 Å². The second-order valence-corrected chi connectivity index (χ2v) is 4.43. The van der Waals surface area contributed by atoms with Crippen LogP contribution < -0.4 is 0 Å². The molecule has 1 amide bonds. The van der Waals surface area contributed by atoms with Crippen molar-refractivity contribution in [1.29, 1.82) is 0 Å². The first kappa shape index (κ1) is 13.0. The average molecular weight is 242 g/mol. The second-order valence-electron chi connectivity index (χ2n) is 4.02. The topological polar surface area (TPSA) is 40.5 Å². The number of nitrogens with zero attached hydrogens (tertiary/aromatic N) is 1. The Bertz CT molecular complexity index is 391. The van der Waals surface area contributed by atoms with Crippen molar-refractivity contribution in [3.8, 4) is 0 Å². The van der Waals surface area contributed by atoms with Gasteiger partial charge in [0.25, 0.3) is 5.91 Å². The number of hydrogen-bond donors (Lipinski definition) is 1. The van der Waals surface area contributed by atoms with Crippen molar-refractivity contribution in [2.45, 2.75) is 20.0 Å². The summed E-state index contributed by atoms with van der Waals surface area (Å²) in [7, 11) is 1.64. The third-order valence-electron chi connectivity index (χ3n) is 2.24. The Morgan fingerprint density at radius 2 is 2.19 bits per heavy atom. The van der Waals surface area contributed by atoms with Gasteiger partial charge in [-0.05, 0) is 31.5 Å². The third-order valence-corrected chi connectivity index (χ3v) is 2.55. The number of aliphatic hydroxyl groups is 1. The molecule has 88 valence electrons. The molecule has 1 rings (SSSR count). The van der Waals surface area contributed by atoms with Crippen LogP contribution in [-0.4, -0.2) is 35.6 Å². The molecule has 3 nitrogen and oxygen atoms in total. The number of halogens is 1. The normalized spacial score (nSPS) is 12.3. The predicted molar refractivity (Wildman–Crippen MR) is 64.8 cm³/mol. The van der Waals surface area contributed by atoms with E-state index in [4.69, 9.17) is 11.6 Å². The zero-order valence-electron chi connectivity index (χ0n) is 9.70. The summed E-state index contributed by atoms with van der Waals surface area (Å²) in [5, 5.41) is 9.65. The molecule has 0 saturated heterocycles. The maximum atomic E-state index is 11.9. The molecule has 1 aromatic rings. The lowest BCUT2D eigenvalue weighted by Crippen LogP contribution is -2.33. The summed E-state index contributed by atoms with van der Waals surface area (Å²) in [4.78, 5) is 13.4. The molecule has 0 spiro atoms. The lowest BCUT2D eigenvalue weighted by molar-refractivity contribution is 0.0704. The zero-order valence-corrected chi connectivity index (χ0v) is 10.5. The summed E-state index contributed by atoms with van der Waals surface area (Å²) >= 11 is 6.00. The SMILES string of the molecule is Cc1ccc(C(=O)N(C)CC(C)O)c(Cl)c1. The third kappa shape index (κ3) is 3.22. The second kappa shape index (κ2) is 5.32. The molecule has 0 heterocycles. The lowest BCUT2D eigenvalue weighted by Gasteiger charge is -2.19. The van der Waals surface area contributed by atoms with E-state index >= 15 is 0 Å². The first-order chi connectivity index (χ1) is 7.41. The van der Waals surface area contributed by atoms with E-state index in [1.165, 1.54) is 4.90 Å². The van der Waals surface area contributed by atoms with Gasteiger partial charge in [0.15, 0.2) is 0 Å².